The first-order chi connectivity index (χ1) is 8.70. The second-order valence-electron chi connectivity index (χ2n) is 4.53. The Hall–Kier alpha value is -1.33. The van der Waals surface area contributed by atoms with Crippen molar-refractivity contribution in [1.82, 2.24) is 10.9 Å². The Balaban J connectivity index is 1.91. The second kappa shape index (κ2) is 6.02. The molecule has 4 nitrogen and oxygen atoms in total. The number of ether oxygens (including phenoxy) is 1. The number of hydrazine groups is 1. The maximum Gasteiger partial charge on any atom is 0.167 e. The Labute approximate surface area is 107 Å². The Kier molecular flexibility index (Phi) is 4.38. The molecule has 0 aromatic heterocycles. The maximum atomic E-state index is 13.6. The van der Waals surface area contributed by atoms with Gasteiger partial charge < -0.3 is 10.1 Å². The van der Waals surface area contributed by atoms with E-state index in [0.29, 0.717) is 24.3 Å². The lowest BCUT2D eigenvalue weighted by atomic mass is 10.0. The fraction of sp³-hybridized carbons (Fsp3) is 0.538. The van der Waals surface area contributed by atoms with Crippen LogP contribution in [0, 0.1) is 11.7 Å². The molecule has 2 rings (SSSR count). The van der Waals surface area contributed by atoms with Crippen LogP contribution in [0.1, 0.15) is 13.8 Å². The Morgan fingerprint density at radius 2 is 2.33 bits per heavy atom. The number of hydrogen-bond acceptors (Lipinski definition) is 4. The van der Waals surface area contributed by atoms with E-state index < -0.39 is 0 Å². The molecule has 1 aliphatic heterocycles. The van der Waals surface area contributed by atoms with Gasteiger partial charge in [-0.3, -0.25) is 10.9 Å². The van der Waals surface area contributed by atoms with Crippen LogP contribution in [0.25, 0.3) is 0 Å². The zero-order chi connectivity index (χ0) is 13.0. The summed E-state index contributed by atoms with van der Waals surface area (Å²) >= 11 is 0. The molecule has 1 heterocycles. The number of rotatable bonds is 5. The molecule has 100 valence electrons. The first-order valence-corrected chi connectivity index (χ1v) is 6.35. The van der Waals surface area contributed by atoms with Gasteiger partial charge in [-0.25, -0.2) is 4.39 Å². The minimum atomic E-state index is -0.322. The van der Waals surface area contributed by atoms with Crippen LogP contribution in [0.4, 0.5) is 10.1 Å². The fourth-order valence-corrected chi connectivity index (χ4v) is 2.03. The van der Waals surface area contributed by atoms with Crippen molar-refractivity contribution in [2.75, 3.05) is 25.0 Å². The Morgan fingerprint density at radius 1 is 1.50 bits per heavy atom. The summed E-state index contributed by atoms with van der Waals surface area (Å²) in [5, 5.41) is 3.25. The molecule has 1 aliphatic rings. The van der Waals surface area contributed by atoms with Gasteiger partial charge >= 0.3 is 0 Å². The zero-order valence-corrected chi connectivity index (χ0v) is 10.8. The third kappa shape index (κ3) is 3.11. The molecular weight excluding hydrogens is 233 g/mol. The van der Waals surface area contributed by atoms with E-state index >= 15 is 0 Å². The van der Waals surface area contributed by atoms with Crippen molar-refractivity contribution in [2.24, 2.45) is 5.92 Å². The lowest BCUT2D eigenvalue weighted by molar-refractivity contribution is 0.321. The summed E-state index contributed by atoms with van der Waals surface area (Å²) in [4.78, 5) is 0. The number of halogens is 1. The Bertz CT molecular complexity index is 400. The highest BCUT2D eigenvalue weighted by atomic mass is 19.1. The van der Waals surface area contributed by atoms with E-state index in [-0.39, 0.29) is 5.82 Å². The minimum Gasteiger partial charge on any atom is -0.491 e. The van der Waals surface area contributed by atoms with E-state index in [1.807, 2.05) is 13.0 Å². The van der Waals surface area contributed by atoms with Crippen LogP contribution in [0.2, 0.25) is 0 Å². The third-order valence-corrected chi connectivity index (χ3v) is 3.20. The highest BCUT2D eigenvalue weighted by Gasteiger charge is 2.22. The predicted octanol–water partition coefficient (Wildman–Crippen LogP) is 1.75. The van der Waals surface area contributed by atoms with E-state index in [9.17, 15) is 4.39 Å². The van der Waals surface area contributed by atoms with Gasteiger partial charge in [-0.05, 0) is 26.0 Å². The third-order valence-electron chi connectivity index (χ3n) is 3.20. The summed E-state index contributed by atoms with van der Waals surface area (Å²) in [6, 6.07) is 5.40. The summed E-state index contributed by atoms with van der Waals surface area (Å²) in [5.41, 5.74) is 7.06. The van der Waals surface area contributed by atoms with Crippen LogP contribution >= 0.6 is 0 Å². The number of hydrogen-bond donors (Lipinski definition) is 3. The molecule has 2 atom stereocenters. The van der Waals surface area contributed by atoms with Gasteiger partial charge in [0, 0.05) is 36.8 Å². The molecule has 1 fully saturated rings. The summed E-state index contributed by atoms with van der Waals surface area (Å²) < 4.78 is 18.8. The van der Waals surface area contributed by atoms with Gasteiger partial charge in [0.1, 0.15) is 0 Å². The quantitative estimate of drug-likeness (QED) is 0.748. The first-order valence-electron chi connectivity index (χ1n) is 6.35. The molecule has 1 saturated heterocycles. The van der Waals surface area contributed by atoms with Gasteiger partial charge in [-0.2, -0.15) is 0 Å². The molecule has 0 spiro atoms. The highest BCUT2D eigenvalue weighted by Crippen LogP contribution is 2.21. The largest absolute Gasteiger partial charge is 0.491 e. The standard InChI is InChI=1S/C13H20FN3O/c1-3-18-13-5-4-11(6-12(13)14)15-7-10-8-16-17-9(10)2/h4-6,9-10,15-17H,3,7-8H2,1-2H3. The van der Waals surface area contributed by atoms with Gasteiger partial charge in [0.05, 0.1) is 6.61 Å². The van der Waals surface area contributed by atoms with Crippen molar-refractivity contribution in [3.05, 3.63) is 24.0 Å². The maximum absolute atomic E-state index is 13.6. The van der Waals surface area contributed by atoms with Crippen molar-refractivity contribution in [3.8, 4) is 5.75 Å². The van der Waals surface area contributed by atoms with E-state index in [4.69, 9.17) is 4.74 Å². The van der Waals surface area contributed by atoms with E-state index in [1.54, 1.807) is 6.07 Å². The van der Waals surface area contributed by atoms with Crippen LogP contribution in [-0.4, -0.2) is 25.7 Å². The second-order valence-corrected chi connectivity index (χ2v) is 4.53. The summed E-state index contributed by atoms with van der Waals surface area (Å²) in [6.07, 6.45) is 0. The fourth-order valence-electron chi connectivity index (χ4n) is 2.03. The topological polar surface area (TPSA) is 45.3 Å². The zero-order valence-electron chi connectivity index (χ0n) is 10.8. The van der Waals surface area contributed by atoms with Crippen LogP contribution in [0.15, 0.2) is 18.2 Å². The van der Waals surface area contributed by atoms with Gasteiger partial charge in [0.2, 0.25) is 0 Å². The normalized spacial score (nSPS) is 23.1. The van der Waals surface area contributed by atoms with Crippen molar-refractivity contribution in [2.45, 2.75) is 19.9 Å². The average molecular weight is 253 g/mol. The number of nitrogens with one attached hydrogen (secondary N) is 3. The van der Waals surface area contributed by atoms with Crippen molar-refractivity contribution in [1.29, 1.82) is 0 Å². The monoisotopic (exact) mass is 253 g/mol. The molecule has 0 radical (unpaired) electrons. The molecule has 0 aliphatic carbocycles. The SMILES string of the molecule is CCOc1ccc(NCC2CNNC2C)cc1F. The molecule has 1 aromatic carbocycles. The molecular formula is C13H20FN3O. The summed E-state index contributed by atoms with van der Waals surface area (Å²) in [7, 11) is 0. The smallest absolute Gasteiger partial charge is 0.167 e. The van der Waals surface area contributed by atoms with Gasteiger partial charge in [-0.1, -0.05) is 0 Å². The minimum absolute atomic E-state index is 0.306. The molecule has 18 heavy (non-hydrogen) atoms. The molecule has 2 unspecified atom stereocenters. The van der Waals surface area contributed by atoms with Gasteiger partial charge in [0.25, 0.3) is 0 Å². The first kappa shape index (κ1) is 13.1. The van der Waals surface area contributed by atoms with Gasteiger partial charge in [0.15, 0.2) is 11.6 Å². The Morgan fingerprint density at radius 3 is 2.94 bits per heavy atom. The number of anilines is 1. The number of benzene rings is 1. The van der Waals surface area contributed by atoms with Gasteiger partial charge in [-0.15, -0.1) is 0 Å². The van der Waals surface area contributed by atoms with E-state index in [1.165, 1.54) is 6.07 Å². The van der Waals surface area contributed by atoms with E-state index in [0.717, 1.165) is 18.8 Å². The molecule has 3 N–H and O–H groups in total. The molecule has 0 amide bonds. The summed E-state index contributed by atoms with van der Waals surface area (Å²) in [6.45, 7) is 6.18. The lowest BCUT2D eigenvalue weighted by Gasteiger charge is -2.15. The predicted molar refractivity (Wildman–Crippen MR) is 70.1 cm³/mol. The van der Waals surface area contributed by atoms with Crippen molar-refractivity contribution >= 4 is 5.69 Å². The lowest BCUT2D eigenvalue weighted by Crippen LogP contribution is -2.30. The average Bonchev–Trinajstić information content (AvgIpc) is 2.76. The van der Waals surface area contributed by atoms with E-state index in [2.05, 4.69) is 23.1 Å². The van der Waals surface area contributed by atoms with Crippen LogP contribution in [0.3, 0.4) is 0 Å². The van der Waals surface area contributed by atoms with Crippen molar-refractivity contribution in [3.63, 3.8) is 0 Å². The van der Waals surface area contributed by atoms with Crippen molar-refractivity contribution < 1.29 is 9.13 Å². The molecule has 0 bridgehead atoms. The molecule has 0 saturated carbocycles. The highest BCUT2D eigenvalue weighted by molar-refractivity contribution is 5.47. The molecule has 1 aromatic rings. The van der Waals surface area contributed by atoms with Crippen LogP contribution in [0.5, 0.6) is 5.75 Å². The summed E-state index contributed by atoms with van der Waals surface area (Å²) in [5.74, 6) is 0.484. The molecule has 5 heteroatoms. The van der Waals surface area contributed by atoms with Crippen LogP contribution < -0.4 is 20.9 Å². The van der Waals surface area contributed by atoms with Crippen LogP contribution in [-0.2, 0) is 0 Å².